The average molecular weight is 281 g/mol. The SMILES string of the molecule is Cc1ccc(CC(CC(=O)O)NCCOCCO)cc1. The molecule has 1 unspecified atom stereocenters. The summed E-state index contributed by atoms with van der Waals surface area (Å²) in [7, 11) is 0. The number of carbonyl (C=O) groups is 1. The van der Waals surface area contributed by atoms with Crippen LogP contribution in [0.15, 0.2) is 24.3 Å². The van der Waals surface area contributed by atoms with Gasteiger partial charge in [0, 0.05) is 12.6 Å². The largest absolute Gasteiger partial charge is 0.481 e. The Balaban J connectivity index is 2.42. The molecule has 1 aromatic rings. The average Bonchev–Trinajstić information content (AvgIpc) is 2.40. The van der Waals surface area contributed by atoms with E-state index in [4.69, 9.17) is 14.9 Å². The van der Waals surface area contributed by atoms with Gasteiger partial charge in [0.15, 0.2) is 0 Å². The Morgan fingerprint density at radius 1 is 1.30 bits per heavy atom. The highest BCUT2D eigenvalue weighted by atomic mass is 16.5. The number of aliphatic hydroxyl groups is 1. The van der Waals surface area contributed by atoms with Gasteiger partial charge in [0.2, 0.25) is 0 Å². The molecule has 0 aliphatic rings. The molecule has 5 heteroatoms. The van der Waals surface area contributed by atoms with Crippen LogP contribution >= 0.6 is 0 Å². The molecule has 0 aliphatic heterocycles. The molecule has 1 atom stereocenters. The van der Waals surface area contributed by atoms with Gasteiger partial charge in [-0.3, -0.25) is 4.79 Å². The first-order valence-electron chi connectivity index (χ1n) is 6.81. The summed E-state index contributed by atoms with van der Waals surface area (Å²) in [5.74, 6) is -0.814. The molecular weight excluding hydrogens is 258 g/mol. The number of hydrogen-bond donors (Lipinski definition) is 3. The fourth-order valence-corrected chi connectivity index (χ4v) is 1.94. The Morgan fingerprint density at radius 3 is 2.60 bits per heavy atom. The maximum atomic E-state index is 10.9. The molecule has 3 N–H and O–H groups in total. The molecule has 0 radical (unpaired) electrons. The highest BCUT2D eigenvalue weighted by Gasteiger charge is 2.13. The molecule has 112 valence electrons. The zero-order valence-electron chi connectivity index (χ0n) is 11.8. The van der Waals surface area contributed by atoms with Crippen LogP contribution in [0.4, 0.5) is 0 Å². The number of benzene rings is 1. The highest BCUT2D eigenvalue weighted by Crippen LogP contribution is 2.08. The Bertz CT molecular complexity index is 391. The number of nitrogens with one attached hydrogen (secondary N) is 1. The smallest absolute Gasteiger partial charge is 0.304 e. The van der Waals surface area contributed by atoms with Crippen molar-refractivity contribution in [3.63, 3.8) is 0 Å². The molecule has 0 spiro atoms. The zero-order chi connectivity index (χ0) is 14.8. The van der Waals surface area contributed by atoms with Crippen LogP contribution in [0.1, 0.15) is 17.5 Å². The summed E-state index contributed by atoms with van der Waals surface area (Å²) in [6.07, 6.45) is 0.750. The molecule has 0 bridgehead atoms. The highest BCUT2D eigenvalue weighted by molar-refractivity contribution is 5.67. The first kappa shape index (κ1) is 16.6. The van der Waals surface area contributed by atoms with Crippen LogP contribution in [0, 0.1) is 6.92 Å². The number of ether oxygens (including phenoxy) is 1. The van der Waals surface area contributed by atoms with Gasteiger partial charge in [-0.25, -0.2) is 0 Å². The van der Waals surface area contributed by atoms with Crippen LogP contribution in [0.3, 0.4) is 0 Å². The lowest BCUT2D eigenvalue weighted by molar-refractivity contribution is -0.137. The van der Waals surface area contributed by atoms with Gasteiger partial charge in [0.1, 0.15) is 0 Å². The quantitative estimate of drug-likeness (QED) is 0.557. The summed E-state index contributed by atoms with van der Waals surface area (Å²) >= 11 is 0. The predicted octanol–water partition coefficient (Wildman–Crippen LogP) is 0.979. The fourth-order valence-electron chi connectivity index (χ4n) is 1.94. The Morgan fingerprint density at radius 2 is 2.00 bits per heavy atom. The van der Waals surface area contributed by atoms with Gasteiger partial charge in [-0.15, -0.1) is 0 Å². The van der Waals surface area contributed by atoms with Crippen molar-refractivity contribution < 1.29 is 19.7 Å². The van der Waals surface area contributed by atoms with Crippen LogP contribution in [0.2, 0.25) is 0 Å². The van der Waals surface area contributed by atoms with Gasteiger partial charge in [-0.1, -0.05) is 29.8 Å². The molecule has 0 amide bonds. The minimum Gasteiger partial charge on any atom is -0.481 e. The Kier molecular flexibility index (Phi) is 7.87. The van der Waals surface area contributed by atoms with Crippen molar-refractivity contribution in [1.82, 2.24) is 5.32 Å². The molecule has 0 saturated heterocycles. The van der Waals surface area contributed by atoms with Crippen LogP contribution in [0.5, 0.6) is 0 Å². The third kappa shape index (κ3) is 7.23. The number of carboxylic acids is 1. The zero-order valence-corrected chi connectivity index (χ0v) is 11.8. The summed E-state index contributed by atoms with van der Waals surface area (Å²) in [6, 6.07) is 7.98. The molecule has 0 heterocycles. The number of aliphatic hydroxyl groups excluding tert-OH is 1. The van der Waals surface area contributed by atoms with Gasteiger partial charge in [0.25, 0.3) is 0 Å². The molecule has 0 fully saturated rings. The maximum absolute atomic E-state index is 10.9. The van der Waals surface area contributed by atoms with Crippen molar-refractivity contribution in [3.05, 3.63) is 35.4 Å². The molecule has 1 rings (SSSR count). The normalized spacial score (nSPS) is 12.3. The third-order valence-corrected chi connectivity index (χ3v) is 2.94. The topological polar surface area (TPSA) is 78.8 Å². The molecule has 1 aromatic carbocycles. The minimum atomic E-state index is -0.814. The third-order valence-electron chi connectivity index (χ3n) is 2.94. The Hall–Kier alpha value is -1.43. The van der Waals surface area contributed by atoms with E-state index in [1.807, 2.05) is 31.2 Å². The van der Waals surface area contributed by atoms with E-state index >= 15 is 0 Å². The van der Waals surface area contributed by atoms with E-state index in [0.717, 1.165) is 5.56 Å². The van der Waals surface area contributed by atoms with Crippen LogP contribution in [-0.4, -0.2) is 48.6 Å². The van der Waals surface area contributed by atoms with Gasteiger partial charge in [-0.05, 0) is 18.9 Å². The van der Waals surface area contributed by atoms with Crippen molar-refractivity contribution in [2.24, 2.45) is 0 Å². The number of aliphatic carboxylic acids is 1. The first-order valence-corrected chi connectivity index (χ1v) is 6.81. The van der Waals surface area contributed by atoms with Crippen molar-refractivity contribution >= 4 is 5.97 Å². The van der Waals surface area contributed by atoms with E-state index in [1.54, 1.807) is 0 Å². The summed E-state index contributed by atoms with van der Waals surface area (Å²) in [5.41, 5.74) is 2.31. The standard InChI is InChI=1S/C15H23NO4/c1-12-2-4-13(5-3-12)10-14(11-15(18)19)16-6-8-20-9-7-17/h2-5,14,16-17H,6-11H2,1H3,(H,18,19). The van der Waals surface area contributed by atoms with Crippen LogP contribution in [0.25, 0.3) is 0 Å². The predicted molar refractivity (Wildman–Crippen MR) is 76.8 cm³/mol. The van der Waals surface area contributed by atoms with E-state index in [0.29, 0.717) is 26.2 Å². The van der Waals surface area contributed by atoms with Gasteiger partial charge in [-0.2, -0.15) is 0 Å². The van der Waals surface area contributed by atoms with Gasteiger partial charge < -0.3 is 20.3 Å². The van der Waals surface area contributed by atoms with E-state index < -0.39 is 5.97 Å². The summed E-state index contributed by atoms with van der Waals surface area (Å²) in [5, 5.41) is 20.7. The summed E-state index contributed by atoms with van der Waals surface area (Å²) in [6.45, 7) is 3.37. The van der Waals surface area contributed by atoms with E-state index in [9.17, 15) is 4.79 Å². The molecule has 0 saturated carbocycles. The molecule has 5 nitrogen and oxygen atoms in total. The number of aryl methyl sites for hydroxylation is 1. The Labute approximate surface area is 119 Å². The van der Waals surface area contributed by atoms with Crippen molar-refractivity contribution in [2.75, 3.05) is 26.4 Å². The lowest BCUT2D eigenvalue weighted by Gasteiger charge is -2.17. The summed E-state index contributed by atoms with van der Waals surface area (Å²) < 4.78 is 5.14. The molecular formula is C15H23NO4. The monoisotopic (exact) mass is 281 g/mol. The minimum absolute atomic E-state index is 0.00191. The van der Waals surface area contributed by atoms with Crippen LogP contribution in [-0.2, 0) is 16.0 Å². The van der Waals surface area contributed by atoms with Crippen molar-refractivity contribution in [3.8, 4) is 0 Å². The molecule has 0 aromatic heterocycles. The lowest BCUT2D eigenvalue weighted by Crippen LogP contribution is -2.35. The van der Waals surface area contributed by atoms with Crippen molar-refractivity contribution in [2.45, 2.75) is 25.8 Å². The molecule has 0 aliphatic carbocycles. The second-order valence-corrected chi connectivity index (χ2v) is 4.77. The fraction of sp³-hybridized carbons (Fsp3) is 0.533. The second kappa shape index (κ2) is 9.47. The first-order chi connectivity index (χ1) is 9.61. The van der Waals surface area contributed by atoms with Crippen molar-refractivity contribution in [1.29, 1.82) is 0 Å². The number of carboxylic acid groups (broad SMARTS) is 1. The van der Waals surface area contributed by atoms with Gasteiger partial charge >= 0.3 is 5.97 Å². The van der Waals surface area contributed by atoms with Crippen LogP contribution < -0.4 is 5.32 Å². The summed E-state index contributed by atoms with van der Waals surface area (Å²) in [4.78, 5) is 10.9. The van der Waals surface area contributed by atoms with Gasteiger partial charge in [0.05, 0.1) is 26.2 Å². The molecule has 20 heavy (non-hydrogen) atoms. The maximum Gasteiger partial charge on any atom is 0.304 e. The van der Waals surface area contributed by atoms with E-state index in [2.05, 4.69) is 5.32 Å². The lowest BCUT2D eigenvalue weighted by atomic mass is 10.0. The van der Waals surface area contributed by atoms with E-state index in [-0.39, 0.29) is 19.1 Å². The number of rotatable bonds is 10. The van der Waals surface area contributed by atoms with E-state index in [1.165, 1.54) is 5.56 Å². The number of hydrogen-bond acceptors (Lipinski definition) is 4. The second-order valence-electron chi connectivity index (χ2n) is 4.77.